The van der Waals surface area contributed by atoms with Crippen LogP contribution in [-0.4, -0.2) is 23.9 Å². The van der Waals surface area contributed by atoms with E-state index in [1.807, 2.05) is 30.0 Å². The first-order valence-corrected chi connectivity index (χ1v) is 8.36. The van der Waals surface area contributed by atoms with Gasteiger partial charge in [-0.25, -0.2) is 0 Å². The summed E-state index contributed by atoms with van der Waals surface area (Å²) in [6.45, 7) is 8.37. The fourth-order valence-corrected chi connectivity index (χ4v) is 3.35. The van der Waals surface area contributed by atoms with Gasteiger partial charge in [-0.2, -0.15) is 0 Å². The maximum Gasteiger partial charge on any atom is 0.253 e. The number of aryl methyl sites for hydroxylation is 1. The Morgan fingerprint density at radius 3 is 2.35 bits per heavy atom. The van der Waals surface area contributed by atoms with Crippen LogP contribution in [0.1, 0.15) is 55.5 Å². The number of amides is 1. The topological polar surface area (TPSA) is 20.3 Å². The Hall–Kier alpha value is -0.830. The molecule has 1 aliphatic rings. The molecule has 1 fully saturated rings. The van der Waals surface area contributed by atoms with Crippen molar-refractivity contribution >= 4 is 21.8 Å². The van der Waals surface area contributed by atoms with Gasteiger partial charge in [0.05, 0.1) is 0 Å². The second-order valence-corrected chi connectivity index (χ2v) is 6.82. The average molecular weight is 338 g/mol. The molecule has 1 aromatic carbocycles. The van der Waals surface area contributed by atoms with E-state index in [9.17, 15) is 4.79 Å². The van der Waals surface area contributed by atoms with E-state index in [1.54, 1.807) is 0 Å². The van der Waals surface area contributed by atoms with Gasteiger partial charge in [0.15, 0.2) is 0 Å². The van der Waals surface area contributed by atoms with E-state index in [4.69, 9.17) is 0 Å². The normalized spacial score (nSPS) is 18.1. The maximum absolute atomic E-state index is 12.6. The summed E-state index contributed by atoms with van der Waals surface area (Å²) in [5, 5.41) is 0. The number of carbonyl (C=O) groups is 1. The third-order valence-corrected chi connectivity index (χ3v) is 5.91. The molecule has 0 atom stereocenters. The molecule has 0 N–H and O–H groups in total. The van der Waals surface area contributed by atoms with E-state index in [0.29, 0.717) is 5.41 Å². The molecule has 1 aliphatic heterocycles. The Labute approximate surface area is 130 Å². The Morgan fingerprint density at radius 2 is 1.85 bits per heavy atom. The minimum absolute atomic E-state index is 0.182. The molecule has 0 saturated carbocycles. The zero-order valence-corrected chi connectivity index (χ0v) is 14.3. The van der Waals surface area contributed by atoms with E-state index in [0.717, 1.165) is 41.5 Å². The molecule has 110 valence electrons. The van der Waals surface area contributed by atoms with Gasteiger partial charge >= 0.3 is 0 Å². The summed E-state index contributed by atoms with van der Waals surface area (Å²) in [6.07, 6.45) is 4.73. The number of likely N-dealkylation sites (tertiary alicyclic amines) is 1. The van der Waals surface area contributed by atoms with Crippen molar-refractivity contribution in [3.63, 3.8) is 0 Å². The van der Waals surface area contributed by atoms with E-state index >= 15 is 0 Å². The Balaban J connectivity index is 2.06. The van der Waals surface area contributed by atoms with Gasteiger partial charge in [-0.1, -0.05) is 42.6 Å². The predicted octanol–water partition coefficient (Wildman–Crippen LogP) is 4.80. The minimum atomic E-state index is 0.182. The van der Waals surface area contributed by atoms with Crippen molar-refractivity contribution in [2.24, 2.45) is 5.41 Å². The molecule has 0 aliphatic carbocycles. The summed E-state index contributed by atoms with van der Waals surface area (Å²) in [7, 11) is 0. The summed E-state index contributed by atoms with van der Waals surface area (Å²) < 4.78 is 1.06. The fraction of sp³-hybridized carbons (Fsp3) is 0.588. The molecule has 1 saturated heterocycles. The molecule has 1 heterocycles. The molecular weight excluding hydrogens is 314 g/mol. The van der Waals surface area contributed by atoms with Crippen molar-refractivity contribution in [2.45, 2.75) is 46.5 Å². The predicted molar refractivity (Wildman–Crippen MR) is 87.0 cm³/mol. The highest BCUT2D eigenvalue weighted by molar-refractivity contribution is 9.10. The molecule has 0 bridgehead atoms. The first-order chi connectivity index (χ1) is 9.51. The molecule has 0 radical (unpaired) electrons. The summed E-state index contributed by atoms with van der Waals surface area (Å²) in [5.74, 6) is 0.182. The van der Waals surface area contributed by atoms with Crippen LogP contribution in [0, 0.1) is 12.3 Å². The van der Waals surface area contributed by atoms with Crippen LogP contribution in [0.25, 0.3) is 0 Å². The number of hydrogen-bond donors (Lipinski definition) is 0. The second kappa shape index (κ2) is 6.30. The molecule has 1 aromatic rings. The third kappa shape index (κ3) is 3.08. The van der Waals surface area contributed by atoms with E-state index in [1.165, 1.54) is 12.8 Å². The van der Waals surface area contributed by atoms with Gasteiger partial charge < -0.3 is 4.90 Å². The SMILES string of the molecule is CCC1(CC)CCN(C(=O)c2ccc(Br)c(C)c2)CC1. The van der Waals surface area contributed by atoms with Crippen LogP contribution < -0.4 is 0 Å². The largest absolute Gasteiger partial charge is 0.339 e. The van der Waals surface area contributed by atoms with Gasteiger partial charge in [-0.15, -0.1) is 0 Å². The van der Waals surface area contributed by atoms with E-state index < -0.39 is 0 Å². The summed E-state index contributed by atoms with van der Waals surface area (Å²) in [4.78, 5) is 14.6. The summed E-state index contributed by atoms with van der Waals surface area (Å²) >= 11 is 3.48. The minimum Gasteiger partial charge on any atom is -0.339 e. The van der Waals surface area contributed by atoms with Crippen LogP contribution in [0.15, 0.2) is 22.7 Å². The third-order valence-electron chi connectivity index (χ3n) is 5.02. The first-order valence-electron chi connectivity index (χ1n) is 7.57. The van der Waals surface area contributed by atoms with Crippen molar-refractivity contribution in [1.29, 1.82) is 0 Å². The quantitative estimate of drug-likeness (QED) is 0.775. The molecule has 0 unspecified atom stereocenters. The van der Waals surface area contributed by atoms with Crippen LogP contribution in [-0.2, 0) is 0 Å². The average Bonchev–Trinajstić information content (AvgIpc) is 2.49. The summed E-state index contributed by atoms with van der Waals surface area (Å²) in [5.41, 5.74) is 2.39. The van der Waals surface area contributed by atoms with Gasteiger partial charge in [-0.3, -0.25) is 4.79 Å². The summed E-state index contributed by atoms with van der Waals surface area (Å²) in [6, 6.07) is 5.86. The molecular formula is C17H24BrNO. The molecule has 2 rings (SSSR count). The number of piperidine rings is 1. The highest BCUT2D eigenvalue weighted by Gasteiger charge is 2.33. The second-order valence-electron chi connectivity index (χ2n) is 5.96. The van der Waals surface area contributed by atoms with Gasteiger partial charge in [0.1, 0.15) is 0 Å². The Kier molecular flexibility index (Phi) is 4.90. The Bertz CT molecular complexity index is 484. The lowest BCUT2D eigenvalue weighted by Gasteiger charge is -2.41. The zero-order chi connectivity index (χ0) is 14.8. The van der Waals surface area contributed by atoms with E-state index in [2.05, 4.69) is 29.8 Å². The van der Waals surface area contributed by atoms with Crippen LogP contribution in [0.3, 0.4) is 0 Å². The van der Waals surface area contributed by atoms with Crippen LogP contribution in [0.4, 0.5) is 0 Å². The van der Waals surface area contributed by atoms with Gasteiger partial charge in [0.25, 0.3) is 5.91 Å². The highest BCUT2D eigenvalue weighted by Crippen LogP contribution is 2.38. The number of benzene rings is 1. The van der Waals surface area contributed by atoms with Crippen LogP contribution >= 0.6 is 15.9 Å². The molecule has 1 amide bonds. The van der Waals surface area contributed by atoms with Gasteiger partial charge in [-0.05, 0) is 48.9 Å². The molecule has 3 heteroatoms. The number of nitrogens with zero attached hydrogens (tertiary/aromatic N) is 1. The molecule has 2 nitrogen and oxygen atoms in total. The van der Waals surface area contributed by atoms with Gasteiger partial charge in [0.2, 0.25) is 0 Å². The lowest BCUT2D eigenvalue weighted by molar-refractivity contribution is 0.0557. The first kappa shape index (κ1) is 15.6. The molecule has 20 heavy (non-hydrogen) atoms. The molecule has 0 spiro atoms. The Morgan fingerprint density at radius 1 is 1.25 bits per heavy atom. The van der Waals surface area contributed by atoms with Crippen LogP contribution in [0.5, 0.6) is 0 Å². The number of halogens is 1. The zero-order valence-electron chi connectivity index (χ0n) is 12.7. The van der Waals surface area contributed by atoms with E-state index in [-0.39, 0.29) is 5.91 Å². The maximum atomic E-state index is 12.6. The monoisotopic (exact) mass is 337 g/mol. The number of hydrogen-bond acceptors (Lipinski definition) is 1. The fourth-order valence-electron chi connectivity index (χ4n) is 3.10. The van der Waals surface area contributed by atoms with Crippen molar-refractivity contribution < 1.29 is 4.79 Å². The highest BCUT2D eigenvalue weighted by atomic mass is 79.9. The lowest BCUT2D eigenvalue weighted by atomic mass is 9.74. The number of rotatable bonds is 3. The van der Waals surface area contributed by atoms with Crippen LogP contribution in [0.2, 0.25) is 0 Å². The number of carbonyl (C=O) groups excluding carboxylic acids is 1. The van der Waals surface area contributed by atoms with Gasteiger partial charge in [0, 0.05) is 23.1 Å². The van der Waals surface area contributed by atoms with Crippen molar-refractivity contribution in [2.75, 3.05) is 13.1 Å². The molecule has 0 aromatic heterocycles. The van der Waals surface area contributed by atoms with Crippen molar-refractivity contribution in [3.8, 4) is 0 Å². The standard InChI is InChI=1S/C17H24BrNO/c1-4-17(5-2)8-10-19(11-9-17)16(20)14-6-7-15(18)13(3)12-14/h6-7,12H,4-5,8-11H2,1-3H3. The van der Waals surface area contributed by atoms with Crippen molar-refractivity contribution in [1.82, 2.24) is 4.90 Å². The smallest absolute Gasteiger partial charge is 0.253 e. The lowest BCUT2D eigenvalue weighted by Crippen LogP contribution is -2.42. The van der Waals surface area contributed by atoms with Crippen molar-refractivity contribution in [3.05, 3.63) is 33.8 Å².